The Labute approximate surface area is 103 Å². The van der Waals surface area contributed by atoms with Crippen LogP contribution in [0.2, 0.25) is 5.02 Å². The van der Waals surface area contributed by atoms with Crippen LogP contribution in [0.15, 0.2) is 42.5 Å². The van der Waals surface area contributed by atoms with Gasteiger partial charge in [-0.3, -0.25) is 0 Å². The number of rotatable bonds is 3. The van der Waals surface area contributed by atoms with Gasteiger partial charge in [0, 0.05) is 5.69 Å². The van der Waals surface area contributed by atoms with Gasteiger partial charge in [0.15, 0.2) is 5.69 Å². The molecule has 0 amide bonds. The zero-order chi connectivity index (χ0) is 12.3. The van der Waals surface area contributed by atoms with Gasteiger partial charge in [0.05, 0.1) is 5.02 Å². The maximum Gasteiger partial charge on any atom is 0.356 e. The highest BCUT2D eigenvalue weighted by molar-refractivity contribution is 6.33. The van der Waals surface area contributed by atoms with Gasteiger partial charge in [-0.25, -0.2) is 9.78 Å². The van der Waals surface area contributed by atoms with Gasteiger partial charge in [0.25, 0.3) is 0 Å². The van der Waals surface area contributed by atoms with Crippen LogP contribution in [0.5, 0.6) is 0 Å². The molecule has 0 unspecified atom stereocenters. The molecule has 86 valence electrons. The van der Waals surface area contributed by atoms with Crippen molar-refractivity contribution < 1.29 is 9.90 Å². The number of benzene rings is 1. The highest BCUT2D eigenvalue weighted by Crippen LogP contribution is 2.19. The maximum atomic E-state index is 10.9. The molecule has 2 rings (SSSR count). The average molecular weight is 249 g/mol. The van der Waals surface area contributed by atoms with Gasteiger partial charge in [0.2, 0.25) is 0 Å². The van der Waals surface area contributed by atoms with Crippen molar-refractivity contribution in [2.24, 2.45) is 0 Å². The number of carboxylic acids is 1. The molecule has 0 aliphatic heterocycles. The smallest absolute Gasteiger partial charge is 0.356 e. The van der Waals surface area contributed by atoms with Crippen LogP contribution in [0.1, 0.15) is 10.5 Å². The van der Waals surface area contributed by atoms with E-state index in [4.69, 9.17) is 16.7 Å². The number of anilines is 2. The first-order valence-electron chi connectivity index (χ1n) is 4.89. The number of hydrogen-bond donors (Lipinski definition) is 2. The summed E-state index contributed by atoms with van der Waals surface area (Å²) in [6.07, 6.45) is 0. The number of hydrogen-bond acceptors (Lipinski definition) is 3. The summed E-state index contributed by atoms with van der Waals surface area (Å²) in [6.45, 7) is 0. The van der Waals surface area contributed by atoms with Gasteiger partial charge in [-0.1, -0.05) is 29.8 Å². The van der Waals surface area contributed by atoms with Gasteiger partial charge in [-0.15, -0.1) is 0 Å². The number of aromatic nitrogens is 1. The van der Waals surface area contributed by atoms with E-state index in [1.165, 1.54) is 6.07 Å². The molecule has 0 aliphatic rings. The summed E-state index contributed by atoms with van der Waals surface area (Å²) < 4.78 is 0. The van der Waals surface area contributed by atoms with E-state index >= 15 is 0 Å². The minimum absolute atomic E-state index is 0.121. The summed E-state index contributed by atoms with van der Waals surface area (Å²) in [7, 11) is 0. The van der Waals surface area contributed by atoms with Crippen LogP contribution in [-0.4, -0.2) is 16.1 Å². The van der Waals surface area contributed by atoms with Gasteiger partial charge in [-0.05, 0) is 24.3 Å². The molecule has 0 spiro atoms. The summed E-state index contributed by atoms with van der Waals surface area (Å²) >= 11 is 5.72. The minimum atomic E-state index is -1.15. The number of pyridine rings is 1. The van der Waals surface area contributed by atoms with E-state index in [1.54, 1.807) is 6.07 Å². The van der Waals surface area contributed by atoms with Crippen molar-refractivity contribution >= 4 is 29.1 Å². The largest absolute Gasteiger partial charge is 0.476 e. The van der Waals surface area contributed by atoms with E-state index in [0.29, 0.717) is 5.82 Å². The van der Waals surface area contributed by atoms with Crippen molar-refractivity contribution in [1.29, 1.82) is 0 Å². The Hall–Kier alpha value is -2.07. The highest BCUT2D eigenvalue weighted by Gasteiger charge is 2.11. The fourth-order valence-electron chi connectivity index (χ4n) is 1.33. The number of para-hydroxylation sites is 1. The third-order valence-electron chi connectivity index (χ3n) is 2.09. The fraction of sp³-hybridized carbons (Fsp3) is 0. The van der Waals surface area contributed by atoms with E-state index in [1.807, 2.05) is 30.3 Å². The second kappa shape index (κ2) is 4.84. The number of nitrogens with zero attached hydrogens (tertiary/aromatic N) is 1. The first kappa shape index (κ1) is 11.4. The average Bonchev–Trinajstić information content (AvgIpc) is 2.32. The van der Waals surface area contributed by atoms with E-state index < -0.39 is 5.97 Å². The van der Waals surface area contributed by atoms with Crippen LogP contribution in [0.3, 0.4) is 0 Å². The Balaban J connectivity index is 2.29. The van der Waals surface area contributed by atoms with Crippen LogP contribution < -0.4 is 5.32 Å². The first-order valence-corrected chi connectivity index (χ1v) is 5.26. The van der Waals surface area contributed by atoms with Crippen molar-refractivity contribution in [3.05, 3.63) is 53.2 Å². The molecule has 2 aromatic rings. The lowest BCUT2D eigenvalue weighted by Gasteiger charge is -2.06. The van der Waals surface area contributed by atoms with Crippen molar-refractivity contribution in [2.75, 3.05) is 5.32 Å². The lowest BCUT2D eigenvalue weighted by atomic mass is 10.3. The summed E-state index contributed by atoms with van der Waals surface area (Å²) in [5.74, 6) is -0.704. The lowest BCUT2D eigenvalue weighted by Crippen LogP contribution is -2.03. The highest BCUT2D eigenvalue weighted by atomic mass is 35.5. The Morgan fingerprint density at radius 1 is 1.18 bits per heavy atom. The first-order chi connectivity index (χ1) is 8.16. The molecular weight excluding hydrogens is 240 g/mol. The molecule has 17 heavy (non-hydrogen) atoms. The second-order valence-corrected chi connectivity index (χ2v) is 3.73. The summed E-state index contributed by atoms with van der Waals surface area (Å²) in [5, 5.41) is 12.0. The minimum Gasteiger partial charge on any atom is -0.476 e. The van der Waals surface area contributed by atoms with Crippen molar-refractivity contribution in [3.63, 3.8) is 0 Å². The third-order valence-corrected chi connectivity index (χ3v) is 2.40. The van der Waals surface area contributed by atoms with Crippen LogP contribution >= 0.6 is 11.6 Å². The molecule has 0 saturated heterocycles. The fourth-order valence-corrected chi connectivity index (χ4v) is 1.52. The second-order valence-electron chi connectivity index (χ2n) is 3.32. The lowest BCUT2D eigenvalue weighted by molar-refractivity contribution is 0.0691. The van der Waals surface area contributed by atoms with E-state index in [2.05, 4.69) is 10.3 Å². The molecule has 0 aliphatic carbocycles. The number of aromatic carboxylic acids is 1. The molecule has 1 aromatic carbocycles. The predicted molar refractivity (Wildman–Crippen MR) is 65.9 cm³/mol. The van der Waals surface area contributed by atoms with Gasteiger partial charge in [-0.2, -0.15) is 0 Å². The van der Waals surface area contributed by atoms with Crippen molar-refractivity contribution in [2.45, 2.75) is 0 Å². The zero-order valence-corrected chi connectivity index (χ0v) is 9.48. The molecule has 0 atom stereocenters. The van der Waals surface area contributed by atoms with Gasteiger partial charge < -0.3 is 10.4 Å². The van der Waals surface area contributed by atoms with Crippen LogP contribution in [-0.2, 0) is 0 Å². The maximum absolute atomic E-state index is 10.9. The zero-order valence-electron chi connectivity index (χ0n) is 8.72. The molecule has 0 saturated carbocycles. The molecule has 0 fully saturated rings. The molecule has 5 heteroatoms. The standard InChI is InChI=1S/C12H9ClN2O2/c13-9-6-7-10(15-11(9)12(16)17)14-8-4-2-1-3-5-8/h1-7H,(H,14,15)(H,16,17). The van der Waals surface area contributed by atoms with Crippen molar-refractivity contribution in [3.8, 4) is 0 Å². The molecule has 1 aromatic heterocycles. The van der Waals surface area contributed by atoms with Gasteiger partial charge >= 0.3 is 5.97 Å². The van der Waals surface area contributed by atoms with E-state index in [-0.39, 0.29) is 10.7 Å². The summed E-state index contributed by atoms with van der Waals surface area (Å²) in [5.41, 5.74) is 0.672. The quantitative estimate of drug-likeness (QED) is 0.876. The van der Waals surface area contributed by atoms with Crippen molar-refractivity contribution in [1.82, 2.24) is 4.98 Å². The van der Waals surface area contributed by atoms with E-state index in [0.717, 1.165) is 5.69 Å². The molecule has 2 N–H and O–H groups in total. The summed E-state index contributed by atoms with van der Waals surface area (Å²) in [6, 6.07) is 12.5. The van der Waals surface area contributed by atoms with Crippen LogP contribution in [0.25, 0.3) is 0 Å². The third kappa shape index (κ3) is 2.73. The molecule has 0 bridgehead atoms. The molecule has 0 radical (unpaired) electrons. The Morgan fingerprint density at radius 2 is 1.88 bits per heavy atom. The monoisotopic (exact) mass is 248 g/mol. The van der Waals surface area contributed by atoms with E-state index in [9.17, 15) is 4.79 Å². The topological polar surface area (TPSA) is 62.2 Å². The number of carboxylic acid groups (broad SMARTS) is 1. The normalized spacial score (nSPS) is 9.94. The van der Waals surface area contributed by atoms with Crippen LogP contribution in [0.4, 0.5) is 11.5 Å². The SMILES string of the molecule is O=C(O)c1nc(Nc2ccccc2)ccc1Cl. The predicted octanol–water partition coefficient (Wildman–Crippen LogP) is 3.18. The summed E-state index contributed by atoms with van der Waals surface area (Å²) in [4.78, 5) is 14.8. The Kier molecular flexibility index (Phi) is 3.25. The van der Waals surface area contributed by atoms with Crippen LogP contribution in [0, 0.1) is 0 Å². The Bertz CT molecular complexity index is 543. The molecular formula is C12H9ClN2O2. The molecule has 4 nitrogen and oxygen atoms in total. The molecule has 1 heterocycles. The number of carbonyl (C=O) groups is 1. The van der Waals surface area contributed by atoms with Gasteiger partial charge in [0.1, 0.15) is 5.82 Å². The number of nitrogens with one attached hydrogen (secondary N) is 1. The Morgan fingerprint density at radius 3 is 2.53 bits per heavy atom. The number of halogens is 1.